The van der Waals surface area contributed by atoms with Crippen LogP contribution in [0.4, 0.5) is 8.78 Å². The Labute approximate surface area is 86.0 Å². The van der Waals surface area contributed by atoms with Crippen LogP contribution in [0, 0.1) is 0 Å². The zero-order valence-corrected chi connectivity index (χ0v) is 8.22. The summed E-state index contributed by atoms with van der Waals surface area (Å²) < 4.78 is 33.6. The molecule has 1 heterocycles. The number of ether oxygens (including phenoxy) is 2. The lowest BCUT2D eigenvalue weighted by Gasteiger charge is -2.11. The minimum Gasteiger partial charge on any atom is -0.493 e. The van der Waals surface area contributed by atoms with E-state index in [4.69, 9.17) is 4.74 Å². The van der Waals surface area contributed by atoms with E-state index in [9.17, 15) is 8.78 Å². The molecule has 1 aromatic rings. The van der Waals surface area contributed by atoms with Crippen molar-refractivity contribution in [3.05, 3.63) is 23.3 Å². The van der Waals surface area contributed by atoms with Crippen LogP contribution < -0.4 is 14.8 Å². The van der Waals surface area contributed by atoms with Gasteiger partial charge in [0.1, 0.15) is 0 Å². The Morgan fingerprint density at radius 1 is 1.20 bits per heavy atom. The van der Waals surface area contributed by atoms with Crippen LogP contribution in [0.25, 0.3) is 0 Å². The maximum Gasteiger partial charge on any atom is 0.387 e. The molecule has 0 unspecified atom stereocenters. The summed E-state index contributed by atoms with van der Waals surface area (Å²) >= 11 is 0. The van der Waals surface area contributed by atoms with E-state index >= 15 is 0 Å². The van der Waals surface area contributed by atoms with Crippen LogP contribution in [0.3, 0.4) is 0 Å². The summed E-state index contributed by atoms with van der Waals surface area (Å²) in [5, 5.41) is 3.12. The maximum absolute atomic E-state index is 12.1. The summed E-state index contributed by atoms with van der Waals surface area (Å²) in [6.07, 6.45) is 0. The van der Waals surface area contributed by atoms with Crippen molar-refractivity contribution in [1.82, 2.24) is 5.32 Å². The Bertz CT molecular complexity index is 369. The summed E-state index contributed by atoms with van der Waals surface area (Å²) in [6, 6.07) is 3.33. The topological polar surface area (TPSA) is 30.5 Å². The lowest BCUT2D eigenvalue weighted by molar-refractivity contribution is -0.0512. The Morgan fingerprint density at radius 3 is 2.33 bits per heavy atom. The normalized spacial score (nSPS) is 14.1. The fourth-order valence-electron chi connectivity index (χ4n) is 1.65. The molecule has 0 spiro atoms. The molecule has 0 atom stereocenters. The first-order valence-electron chi connectivity index (χ1n) is 4.56. The van der Waals surface area contributed by atoms with E-state index in [0.717, 1.165) is 17.7 Å². The van der Waals surface area contributed by atoms with Gasteiger partial charge in [0.25, 0.3) is 0 Å². The predicted octanol–water partition coefficient (Wildman–Crippen LogP) is 1.90. The van der Waals surface area contributed by atoms with Gasteiger partial charge in [-0.1, -0.05) is 0 Å². The van der Waals surface area contributed by atoms with Gasteiger partial charge in [-0.25, -0.2) is 0 Å². The van der Waals surface area contributed by atoms with Crippen LogP contribution in [0.1, 0.15) is 11.1 Å². The van der Waals surface area contributed by atoms with Gasteiger partial charge in [-0.2, -0.15) is 8.78 Å². The smallest absolute Gasteiger partial charge is 0.387 e. The van der Waals surface area contributed by atoms with Gasteiger partial charge in [0.05, 0.1) is 7.11 Å². The molecule has 1 aliphatic rings. The summed E-state index contributed by atoms with van der Waals surface area (Å²) in [5.41, 5.74) is 2.04. The maximum atomic E-state index is 12.1. The van der Waals surface area contributed by atoms with Gasteiger partial charge in [-0.3, -0.25) is 0 Å². The van der Waals surface area contributed by atoms with Crippen molar-refractivity contribution in [2.75, 3.05) is 7.11 Å². The number of fused-ring (bicyclic) bond motifs is 1. The van der Waals surface area contributed by atoms with Gasteiger partial charge in [-0.05, 0) is 23.3 Å². The number of benzene rings is 1. The van der Waals surface area contributed by atoms with Crippen molar-refractivity contribution < 1.29 is 18.3 Å². The Morgan fingerprint density at radius 2 is 1.80 bits per heavy atom. The van der Waals surface area contributed by atoms with E-state index in [0.29, 0.717) is 12.3 Å². The number of halogens is 2. The molecule has 15 heavy (non-hydrogen) atoms. The second-order valence-electron chi connectivity index (χ2n) is 3.25. The third-order valence-electron chi connectivity index (χ3n) is 2.33. The second-order valence-corrected chi connectivity index (χ2v) is 3.25. The van der Waals surface area contributed by atoms with Gasteiger partial charge < -0.3 is 14.8 Å². The van der Waals surface area contributed by atoms with Gasteiger partial charge in [0, 0.05) is 13.1 Å². The van der Waals surface area contributed by atoms with Gasteiger partial charge in [-0.15, -0.1) is 0 Å². The molecule has 0 saturated heterocycles. The molecular formula is C10H11F2NO2. The van der Waals surface area contributed by atoms with Crippen LogP contribution in [0.2, 0.25) is 0 Å². The fraction of sp³-hybridized carbons (Fsp3) is 0.400. The van der Waals surface area contributed by atoms with Crippen LogP contribution in [-0.2, 0) is 13.1 Å². The van der Waals surface area contributed by atoms with Crippen LogP contribution in [0.5, 0.6) is 11.5 Å². The highest BCUT2D eigenvalue weighted by atomic mass is 19.3. The molecule has 2 rings (SSSR count). The van der Waals surface area contributed by atoms with Gasteiger partial charge in [0.15, 0.2) is 11.5 Å². The van der Waals surface area contributed by atoms with Crippen LogP contribution in [0.15, 0.2) is 12.1 Å². The van der Waals surface area contributed by atoms with E-state index in [2.05, 4.69) is 10.1 Å². The molecule has 0 amide bonds. The zero-order valence-electron chi connectivity index (χ0n) is 8.22. The van der Waals surface area contributed by atoms with Crippen molar-refractivity contribution in [3.8, 4) is 11.5 Å². The Hall–Kier alpha value is -1.36. The lowest BCUT2D eigenvalue weighted by atomic mass is 10.1. The molecule has 82 valence electrons. The molecule has 1 aromatic carbocycles. The third-order valence-corrected chi connectivity index (χ3v) is 2.33. The SMILES string of the molecule is COc1cc2c(cc1OC(F)F)CNC2. The molecule has 0 saturated carbocycles. The minimum absolute atomic E-state index is 0.0925. The molecule has 3 nitrogen and oxygen atoms in total. The average molecular weight is 215 g/mol. The highest BCUT2D eigenvalue weighted by Crippen LogP contribution is 2.33. The van der Waals surface area contributed by atoms with Crippen molar-refractivity contribution in [2.24, 2.45) is 0 Å². The van der Waals surface area contributed by atoms with E-state index in [1.807, 2.05) is 0 Å². The highest BCUT2D eigenvalue weighted by Gasteiger charge is 2.17. The number of rotatable bonds is 3. The van der Waals surface area contributed by atoms with Crippen molar-refractivity contribution >= 4 is 0 Å². The third kappa shape index (κ3) is 2.02. The number of methoxy groups -OCH3 is 1. The fourth-order valence-corrected chi connectivity index (χ4v) is 1.65. The summed E-state index contributed by atoms with van der Waals surface area (Å²) in [6.45, 7) is -1.41. The largest absolute Gasteiger partial charge is 0.493 e. The van der Waals surface area contributed by atoms with Crippen molar-refractivity contribution in [3.63, 3.8) is 0 Å². The molecule has 0 aliphatic carbocycles. The zero-order chi connectivity index (χ0) is 10.8. The van der Waals surface area contributed by atoms with Crippen LogP contribution >= 0.6 is 0 Å². The molecule has 1 N–H and O–H groups in total. The van der Waals surface area contributed by atoms with Crippen molar-refractivity contribution in [1.29, 1.82) is 0 Å². The molecule has 5 heteroatoms. The number of alkyl halides is 2. The summed E-state index contributed by atoms with van der Waals surface area (Å²) in [5.74, 6) is 0.438. The first kappa shape index (κ1) is 10.2. The number of hydrogen-bond donors (Lipinski definition) is 1. The minimum atomic E-state index is -2.83. The lowest BCUT2D eigenvalue weighted by Crippen LogP contribution is -2.04. The second kappa shape index (κ2) is 4.02. The first-order chi connectivity index (χ1) is 7.20. The van der Waals surface area contributed by atoms with E-state index in [1.165, 1.54) is 7.11 Å². The number of nitrogens with one attached hydrogen (secondary N) is 1. The molecule has 0 bridgehead atoms. The Balaban J connectivity index is 2.35. The van der Waals surface area contributed by atoms with Crippen molar-refractivity contribution in [2.45, 2.75) is 19.7 Å². The summed E-state index contributed by atoms with van der Waals surface area (Å²) in [4.78, 5) is 0. The first-order valence-corrected chi connectivity index (χ1v) is 4.56. The molecular weight excluding hydrogens is 204 g/mol. The predicted molar refractivity (Wildman–Crippen MR) is 50.2 cm³/mol. The molecule has 0 aromatic heterocycles. The molecule has 0 fully saturated rings. The van der Waals surface area contributed by atoms with E-state index in [1.54, 1.807) is 12.1 Å². The molecule has 1 aliphatic heterocycles. The standard InChI is InChI=1S/C10H11F2NO2/c1-14-8-2-6-4-13-5-7(6)3-9(8)15-10(11)12/h2-3,10,13H,4-5H2,1H3. The molecule has 0 radical (unpaired) electrons. The number of hydrogen-bond acceptors (Lipinski definition) is 3. The van der Waals surface area contributed by atoms with Gasteiger partial charge >= 0.3 is 6.61 Å². The van der Waals surface area contributed by atoms with Gasteiger partial charge in [0.2, 0.25) is 0 Å². The monoisotopic (exact) mass is 215 g/mol. The quantitative estimate of drug-likeness (QED) is 0.835. The Kier molecular flexibility index (Phi) is 2.73. The average Bonchev–Trinajstić information content (AvgIpc) is 2.62. The van der Waals surface area contributed by atoms with E-state index in [-0.39, 0.29) is 5.75 Å². The summed E-state index contributed by atoms with van der Waals surface area (Å²) in [7, 11) is 1.43. The highest BCUT2D eigenvalue weighted by molar-refractivity contribution is 5.48. The van der Waals surface area contributed by atoms with Crippen LogP contribution in [-0.4, -0.2) is 13.7 Å². The van der Waals surface area contributed by atoms with E-state index < -0.39 is 6.61 Å².